The summed E-state index contributed by atoms with van der Waals surface area (Å²) in [6.07, 6.45) is 8.97. The highest BCUT2D eigenvalue weighted by molar-refractivity contribution is 5.95. The first-order valence-corrected chi connectivity index (χ1v) is 9.10. The van der Waals surface area contributed by atoms with E-state index in [0.717, 1.165) is 12.5 Å². The Morgan fingerprint density at radius 3 is 2.37 bits per heavy atom. The second-order valence-electron chi connectivity index (χ2n) is 6.21. The van der Waals surface area contributed by atoms with Gasteiger partial charge in [0.25, 0.3) is 0 Å². The second-order valence-corrected chi connectivity index (χ2v) is 6.21. The van der Waals surface area contributed by atoms with Crippen molar-refractivity contribution in [3.8, 4) is 0 Å². The van der Waals surface area contributed by atoms with Gasteiger partial charge < -0.3 is 10.6 Å². The van der Waals surface area contributed by atoms with E-state index in [1.807, 2.05) is 6.92 Å². The summed E-state index contributed by atoms with van der Waals surface area (Å²) < 4.78 is 28.3. The molecule has 146 valence electrons. The monoisotopic (exact) mass is 374 g/mol. The van der Waals surface area contributed by atoms with Crippen molar-refractivity contribution in [1.29, 1.82) is 0 Å². The standard InChI is InChI=1S/C19H20F2N2O.C3H8/c1-4-6-14(12(3)24)17-10-7-13(11-23(17)5-2)18-15(20)8-9-16(22)19(18)21;1-3-2/h5,7-11H,2,4,6,22H2,1,3H3;3H2,1-2H3/b17-14+;. The van der Waals surface area contributed by atoms with Gasteiger partial charge in [-0.1, -0.05) is 46.3 Å². The maximum absolute atomic E-state index is 14.2. The Morgan fingerprint density at radius 1 is 1.22 bits per heavy atom. The number of benzene rings is 1. The summed E-state index contributed by atoms with van der Waals surface area (Å²) in [5, 5.41) is 0. The molecule has 1 aromatic carbocycles. The molecule has 0 aliphatic carbocycles. The maximum atomic E-state index is 14.2. The normalized spacial score (nSPS) is 14.9. The van der Waals surface area contributed by atoms with Gasteiger partial charge in [0.1, 0.15) is 5.82 Å². The molecule has 1 aromatic rings. The fourth-order valence-corrected chi connectivity index (χ4v) is 2.64. The number of carbonyl (C=O) groups is 1. The molecule has 2 rings (SSSR count). The molecule has 0 unspecified atom stereocenters. The number of anilines is 1. The number of hydrogen-bond acceptors (Lipinski definition) is 3. The highest BCUT2D eigenvalue weighted by atomic mass is 19.1. The fraction of sp³-hybridized carbons (Fsp3) is 0.318. The van der Waals surface area contributed by atoms with E-state index in [-0.39, 0.29) is 17.0 Å². The predicted molar refractivity (Wildman–Crippen MR) is 109 cm³/mol. The Labute approximate surface area is 160 Å². The highest BCUT2D eigenvalue weighted by Crippen LogP contribution is 2.32. The predicted octanol–water partition coefficient (Wildman–Crippen LogP) is 5.96. The van der Waals surface area contributed by atoms with Crippen molar-refractivity contribution in [1.82, 2.24) is 4.90 Å². The average Bonchev–Trinajstić information content (AvgIpc) is 2.63. The van der Waals surface area contributed by atoms with Crippen molar-refractivity contribution < 1.29 is 13.6 Å². The van der Waals surface area contributed by atoms with Gasteiger partial charge in [-0.2, -0.15) is 0 Å². The average molecular weight is 374 g/mol. The molecular formula is C22H28F2N2O. The van der Waals surface area contributed by atoms with Crippen LogP contribution in [0.4, 0.5) is 14.5 Å². The molecule has 2 N–H and O–H groups in total. The molecule has 0 fully saturated rings. The summed E-state index contributed by atoms with van der Waals surface area (Å²) >= 11 is 0. The number of hydrogen-bond donors (Lipinski definition) is 1. The molecule has 0 bridgehead atoms. The lowest BCUT2D eigenvalue weighted by molar-refractivity contribution is -0.113. The summed E-state index contributed by atoms with van der Waals surface area (Å²) in [6.45, 7) is 11.4. The van der Waals surface area contributed by atoms with Gasteiger partial charge in [-0.05, 0) is 31.6 Å². The van der Waals surface area contributed by atoms with Gasteiger partial charge in [0.15, 0.2) is 11.6 Å². The first kappa shape index (κ1) is 22.4. The van der Waals surface area contributed by atoms with Gasteiger partial charge in [0.05, 0.1) is 16.9 Å². The SMILES string of the molecule is C=CN1C=C(c2c(F)ccc(N)c2F)C=C/C1=C(/CCC)C(C)=O.CCC. The molecule has 3 nitrogen and oxygen atoms in total. The Kier molecular flexibility index (Phi) is 8.66. The zero-order valence-corrected chi connectivity index (χ0v) is 16.5. The summed E-state index contributed by atoms with van der Waals surface area (Å²) in [7, 11) is 0. The van der Waals surface area contributed by atoms with Crippen molar-refractivity contribution in [2.45, 2.75) is 47.0 Å². The van der Waals surface area contributed by atoms with Crippen LogP contribution in [-0.4, -0.2) is 10.7 Å². The molecule has 0 radical (unpaired) electrons. The molecule has 1 aliphatic rings. The second kappa shape index (κ2) is 10.5. The topological polar surface area (TPSA) is 46.3 Å². The molecule has 0 aromatic heterocycles. The quantitative estimate of drug-likeness (QED) is 0.511. The van der Waals surface area contributed by atoms with E-state index in [2.05, 4.69) is 20.4 Å². The van der Waals surface area contributed by atoms with E-state index in [4.69, 9.17) is 5.73 Å². The smallest absolute Gasteiger partial charge is 0.157 e. The fourth-order valence-electron chi connectivity index (χ4n) is 2.64. The zero-order valence-electron chi connectivity index (χ0n) is 16.5. The van der Waals surface area contributed by atoms with Gasteiger partial charge in [0.2, 0.25) is 0 Å². The third-order valence-electron chi connectivity index (χ3n) is 3.82. The van der Waals surface area contributed by atoms with Crippen LogP contribution in [0.5, 0.6) is 0 Å². The third kappa shape index (κ3) is 5.39. The number of Topliss-reactive ketones (excluding diaryl/α,β-unsaturated/α-hetero) is 1. The van der Waals surface area contributed by atoms with Crippen LogP contribution in [0.1, 0.15) is 52.5 Å². The number of nitrogens with zero attached hydrogens (tertiary/aromatic N) is 1. The van der Waals surface area contributed by atoms with E-state index in [1.54, 1.807) is 23.3 Å². The molecule has 5 heteroatoms. The molecular weight excluding hydrogens is 346 g/mol. The van der Waals surface area contributed by atoms with Crippen LogP contribution >= 0.6 is 0 Å². The van der Waals surface area contributed by atoms with E-state index in [1.165, 1.54) is 25.6 Å². The van der Waals surface area contributed by atoms with Crippen molar-refractivity contribution >= 4 is 17.0 Å². The van der Waals surface area contributed by atoms with Crippen LogP contribution < -0.4 is 5.73 Å². The molecule has 0 amide bonds. The lowest BCUT2D eigenvalue weighted by Crippen LogP contribution is -2.17. The number of allylic oxidation sites excluding steroid dienone is 4. The molecule has 0 spiro atoms. The van der Waals surface area contributed by atoms with E-state index >= 15 is 0 Å². The van der Waals surface area contributed by atoms with E-state index in [9.17, 15) is 13.6 Å². The molecule has 0 saturated carbocycles. The largest absolute Gasteiger partial charge is 0.396 e. The van der Waals surface area contributed by atoms with Crippen LogP contribution in [-0.2, 0) is 4.79 Å². The molecule has 1 heterocycles. The van der Waals surface area contributed by atoms with Crippen LogP contribution in [0.2, 0.25) is 0 Å². The van der Waals surface area contributed by atoms with E-state index in [0.29, 0.717) is 23.3 Å². The van der Waals surface area contributed by atoms with Gasteiger partial charge in [-0.3, -0.25) is 4.79 Å². The first-order chi connectivity index (χ1) is 12.8. The minimum atomic E-state index is -0.803. The highest BCUT2D eigenvalue weighted by Gasteiger charge is 2.21. The number of nitrogens with two attached hydrogens (primary N) is 1. The summed E-state index contributed by atoms with van der Waals surface area (Å²) in [5.41, 5.74) is 6.85. The molecule has 1 aliphatic heterocycles. The Morgan fingerprint density at radius 2 is 1.85 bits per heavy atom. The number of halogens is 2. The van der Waals surface area contributed by atoms with Gasteiger partial charge >= 0.3 is 0 Å². The van der Waals surface area contributed by atoms with Gasteiger partial charge in [-0.15, -0.1) is 0 Å². The summed E-state index contributed by atoms with van der Waals surface area (Å²) in [5.74, 6) is -1.54. The third-order valence-corrected chi connectivity index (χ3v) is 3.82. The number of ketones is 1. The zero-order chi connectivity index (χ0) is 20.6. The summed E-state index contributed by atoms with van der Waals surface area (Å²) in [4.78, 5) is 13.5. The van der Waals surface area contributed by atoms with Crippen LogP contribution in [0.3, 0.4) is 0 Å². The Bertz CT molecular complexity index is 792. The van der Waals surface area contributed by atoms with Crippen LogP contribution in [0, 0.1) is 11.6 Å². The summed E-state index contributed by atoms with van der Waals surface area (Å²) in [6, 6.07) is 2.32. The molecule has 0 atom stereocenters. The number of rotatable bonds is 5. The lowest BCUT2D eigenvalue weighted by atomic mass is 9.97. The van der Waals surface area contributed by atoms with Crippen LogP contribution in [0.15, 0.2) is 54.5 Å². The van der Waals surface area contributed by atoms with Crippen molar-refractivity contribution in [3.05, 3.63) is 71.7 Å². The number of carbonyl (C=O) groups excluding carboxylic acids is 1. The van der Waals surface area contributed by atoms with Gasteiger partial charge in [-0.25, -0.2) is 8.78 Å². The van der Waals surface area contributed by atoms with Crippen molar-refractivity contribution in [3.63, 3.8) is 0 Å². The maximum Gasteiger partial charge on any atom is 0.157 e. The lowest BCUT2D eigenvalue weighted by Gasteiger charge is -2.25. The minimum Gasteiger partial charge on any atom is -0.396 e. The van der Waals surface area contributed by atoms with E-state index < -0.39 is 11.6 Å². The van der Waals surface area contributed by atoms with Crippen molar-refractivity contribution in [2.24, 2.45) is 0 Å². The first-order valence-electron chi connectivity index (χ1n) is 9.10. The van der Waals surface area contributed by atoms with Crippen LogP contribution in [0.25, 0.3) is 5.57 Å². The Hall–Kier alpha value is -2.69. The van der Waals surface area contributed by atoms with Crippen molar-refractivity contribution in [2.75, 3.05) is 5.73 Å². The molecule has 27 heavy (non-hydrogen) atoms. The minimum absolute atomic E-state index is 0.0403. The molecule has 0 saturated heterocycles. The Balaban J connectivity index is 0.00000114. The number of nitrogen functional groups attached to an aromatic ring is 1. The van der Waals surface area contributed by atoms with Gasteiger partial charge in [0, 0.05) is 23.5 Å².